The maximum absolute atomic E-state index is 12.5. The standard InChI is InChI=1S/C25H24BrNO4/c1-2-30-25(29)22(15-18-9-5-3-6-10-18)27-24(28)17-31-23-14-13-20(16-21(23)26)19-11-7-4-8-12-19/h3-14,16,22H,2,15,17H2,1H3,(H,27,28). The summed E-state index contributed by atoms with van der Waals surface area (Å²) in [5.41, 5.74) is 3.06. The van der Waals surface area contributed by atoms with Crippen molar-refractivity contribution in [2.45, 2.75) is 19.4 Å². The highest BCUT2D eigenvalue weighted by Gasteiger charge is 2.22. The zero-order valence-electron chi connectivity index (χ0n) is 17.2. The van der Waals surface area contributed by atoms with Gasteiger partial charge in [0.2, 0.25) is 0 Å². The lowest BCUT2D eigenvalue weighted by Gasteiger charge is -2.18. The summed E-state index contributed by atoms with van der Waals surface area (Å²) in [6, 6.07) is 24.4. The minimum atomic E-state index is -0.776. The molecule has 6 heteroatoms. The van der Waals surface area contributed by atoms with Crippen LogP contribution in [-0.4, -0.2) is 31.1 Å². The van der Waals surface area contributed by atoms with Crippen LogP contribution >= 0.6 is 15.9 Å². The van der Waals surface area contributed by atoms with Gasteiger partial charge in [-0.25, -0.2) is 4.79 Å². The van der Waals surface area contributed by atoms with Gasteiger partial charge in [-0.15, -0.1) is 0 Å². The zero-order valence-corrected chi connectivity index (χ0v) is 18.8. The van der Waals surface area contributed by atoms with Crippen molar-refractivity contribution in [3.05, 3.63) is 88.9 Å². The van der Waals surface area contributed by atoms with E-state index >= 15 is 0 Å². The number of hydrogen-bond donors (Lipinski definition) is 1. The van der Waals surface area contributed by atoms with Crippen LogP contribution in [-0.2, 0) is 20.7 Å². The Labute approximate surface area is 190 Å². The van der Waals surface area contributed by atoms with E-state index in [9.17, 15) is 9.59 Å². The molecule has 1 atom stereocenters. The summed E-state index contributed by atoms with van der Waals surface area (Å²) in [4.78, 5) is 24.8. The summed E-state index contributed by atoms with van der Waals surface area (Å²) in [7, 11) is 0. The molecule has 0 aliphatic carbocycles. The van der Waals surface area contributed by atoms with Gasteiger partial charge >= 0.3 is 5.97 Å². The fourth-order valence-corrected chi connectivity index (χ4v) is 3.59. The molecule has 0 aromatic heterocycles. The lowest BCUT2D eigenvalue weighted by molar-refractivity contribution is -0.147. The van der Waals surface area contributed by atoms with Crippen molar-refractivity contribution in [1.29, 1.82) is 0 Å². The van der Waals surface area contributed by atoms with Crippen molar-refractivity contribution in [2.24, 2.45) is 0 Å². The molecule has 1 N–H and O–H groups in total. The Morgan fingerprint density at radius 1 is 0.935 bits per heavy atom. The Hall–Kier alpha value is -3.12. The van der Waals surface area contributed by atoms with E-state index in [2.05, 4.69) is 21.2 Å². The van der Waals surface area contributed by atoms with Crippen LogP contribution in [0.15, 0.2) is 83.3 Å². The number of amides is 1. The molecular weight excluding hydrogens is 458 g/mol. The Kier molecular flexibility index (Phi) is 8.24. The minimum Gasteiger partial charge on any atom is -0.483 e. The molecule has 1 unspecified atom stereocenters. The van der Waals surface area contributed by atoms with Gasteiger partial charge in [0.05, 0.1) is 11.1 Å². The monoisotopic (exact) mass is 481 g/mol. The second kappa shape index (κ2) is 11.3. The van der Waals surface area contributed by atoms with Crippen LogP contribution in [0.2, 0.25) is 0 Å². The topological polar surface area (TPSA) is 64.6 Å². The van der Waals surface area contributed by atoms with Gasteiger partial charge in [-0.05, 0) is 51.7 Å². The number of benzene rings is 3. The largest absolute Gasteiger partial charge is 0.483 e. The van der Waals surface area contributed by atoms with Gasteiger partial charge < -0.3 is 14.8 Å². The number of carbonyl (C=O) groups excluding carboxylic acids is 2. The third-order valence-corrected chi connectivity index (χ3v) is 5.21. The molecule has 0 saturated carbocycles. The minimum absolute atomic E-state index is 0.214. The first kappa shape index (κ1) is 22.6. The van der Waals surface area contributed by atoms with E-state index in [0.717, 1.165) is 21.2 Å². The molecule has 31 heavy (non-hydrogen) atoms. The van der Waals surface area contributed by atoms with Crippen LogP contribution in [0.5, 0.6) is 5.75 Å². The number of hydrogen-bond acceptors (Lipinski definition) is 4. The summed E-state index contributed by atoms with van der Waals surface area (Å²) < 4.78 is 11.5. The normalized spacial score (nSPS) is 11.4. The number of carbonyl (C=O) groups is 2. The Morgan fingerprint density at radius 3 is 2.26 bits per heavy atom. The van der Waals surface area contributed by atoms with Gasteiger partial charge in [-0.3, -0.25) is 4.79 Å². The summed E-state index contributed by atoms with van der Waals surface area (Å²) in [5.74, 6) is -0.313. The average Bonchev–Trinajstić information content (AvgIpc) is 2.79. The second-order valence-electron chi connectivity index (χ2n) is 6.86. The molecule has 5 nitrogen and oxygen atoms in total. The molecule has 0 aliphatic heterocycles. The third kappa shape index (κ3) is 6.69. The molecular formula is C25H24BrNO4. The van der Waals surface area contributed by atoms with Crippen LogP contribution in [0.3, 0.4) is 0 Å². The third-order valence-electron chi connectivity index (χ3n) is 4.59. The van der Waals surface area contributed by atoms with Gasteiger partial charge in [0.15, 0.2) is 6.61 Å². The molecule has 0 aliphatic rings. The Morgan fingerprint density at radius 2 is 1.61 bits per heavy atom. The fraction of sp³-hybridized carbons (Fsp3) is 0.200. The van der Waals surface area contributed by atoms with E-state index in [4.69, 9.17) is 9.47 Å². The zero-order chi connectivity index (χ0) is 22.1. The lowest BCUT2D eigenvalue weighted by atomic mass is 10.1. The van der Waals surface area contributed by atoms with Crippen molar-refractivity contribution >= 4 is 27.8 Å². The van der Waals surface area contributed by atoms with Crippen molar-refractivity contribution in [3.63, 3.8) is 0 Å². The fourth-order valence-electron chi connectivity index (χ4n) is 3.09. The molecule has 0 heterocycles. The quantitative estimate of drug-likeness (QED) is 0.446. The summed E-state index contributed by atoms with van der Waals surface area (Å²) in [6.45, 7) is 1.77. The van der Waals surface area contributed by atoms with Gasteiger partial charge in [-0.1, -0.05) is 66.7 Å². The molecule has 0 saturated heterocycles. The highest BCUT2D eigenvalue weighted by molar-refractivity contribution is 9.10. The highest BCUT2D eigenvalue weighted by Crippen LogP contribution is 2.30. The summed E-state index contributed by atoms with van der Waals surface area (Å²) >= 11 is 3.50. The SMILES string of the molecule is CCOC(=O)C(Cc1ccccc1)NC(=O)COc1ccc(-c2ccccc2)cc1Br. The highest BCUT2D eigenvalue weighted by atomic mass is 79.9. The summed E-state index contributed by atoms with van der Waals surface area (Å²) in [5, 5.41) is 2.72. The smallest absolute Gasteiger partial charge is 0.328 e. The van der Waals surface area contributed by atoms with Crippen molar-refractivity contribution in [1.82, 2.24) is 5.32 Å². The van der Waals surface area contributed by atoms with Crippen LogP contribution in [0.25, 0.3) is 11.1 Å². The van der Waals surface area contributed by atoms with Gasteiger partial charge in [0.1, 0.15) is 11.8 Å². The van der Waals surface area contributed by atoms with Crippen molar-refractivity contribution in [3.8, 4) is 16.9 Å². The molecule has 3 aromatic rings. The van der Waals surface area contributed by atoms with Crippen LogP contribution in [0.1, 0.15) is 12.5 Å². The molecule has 0 radical (unpaired) electrons. The first-order valence-electron chi connectivity index (χ1n) is 10.0. The van der Waals surface area contributed by atoms with E-state index in [1.807, 2.05) is 78.9 Å². The van der Waals surface area contributed by atoms with Gasteiger partial charge in [-0.2, -0.15) is 0 Å². The lowest BCUT2D eigenvalue weighted by Crippen LogP contribution is -2.45. The molecule has 3 rings (SSSR count). The Balaban J connectivity index is 1.61. The molecule has 1 amide bonds. The maximum atomic E-state index is 12.5. The van der Waals surface area contributed by atoms with Gasteiger partial charge in [0, 0.05) is 6.42 Å². The number of ether oxygens (including phenoxy) is 2. The average molecular weight is 482 g/mol. The van der Waals surface area contributed by atoms with Crippen LogP contribution in [0.4, 0.5) is 0 Å². The number of halogens is 1. The van der Waals surface area contributed by atoms with Crippen LogP contribution in [0, 0.1) is 0 Å². The van der Waals surface area contributed by atoms with Crippen LogP contribution < -0.4 is 10.1 Å². The second-order valence-corrected chi connectivity index (χ2v) is 7.72. The van der Waals surface area contributed by atoms with E-state index in [1.165, 1.54) is 0 Å². The maximum Gasteiger partial charge on any atom is 0.328 e. The number of esters is 1. The predicted molar refractivity (Wildman–Crippen MR) is 124 cm³/mol. The molecule has 3 aromatic carbocycles. The first-order valence-corrected chi connectivity index (χ1v) is 10.8. The van der Waals surface area contributed by atoms with E-state index in [1.54, 1.807) is 6.92 Å². The molecule has 160 valence electrons. The van der Waals surface area contributed by atoms with Crippen molar-refractivity contribution in [2.75, 3.05) is 13.2 Å². The Bertz CT molecular complexity index is 1010. The summed E-state index contributed by atoms with van der Waals surface area (Å²) in [6.07, 6.45) is 0.348. The van der Waals surface area contributed by atoms with Crippen molar-refractivity contribution < 1.29 is 19.1 Å². The predicted octanol–water partition coefficient (Wildman–Crippen LogP) is 4.79. The van der Waals surface area contributed by atoms with Gasteiger partial charge in [0.25, 0.3) is 5.91 Å². The van der Waals surface area contributed by atoms with E-state index < -0.39 is 17.9 Å². The van der Waals surface area contributed by atoms with E-state index in [-0.39, 0.29) is 13.2 Å². The number of rotatable bonds is 9. The molecule has 0 spiro atoms. The number of nitrogens with one attached hydrogen (secondary N) is 1. The molecule has 0 bridgehead atoms. The van der Waals surface area contributed by atoms with E-state index in [0.29, 0.717) is 12.2 Å². The molecule has 0 fully saturated rings. The first-order chi connectivity index (χ1) is 15.1.